The zero-order valence-electron chi connectivity index (χ0n) is 11.1. The fourth-order valence-corrected chi connectivity index (χ4v) is 2.22. The molecular formula is C14H14N4O. The summed E-state index contributed by atoms with van der Waals surface area (Å²) in [5.41, 5.74) is 3.76. The number of nitrogens with zero attached hydrogens (tertiary/aromatic N) is 4. The molecule has 3 aromatic rings. The van der Waals surface area contributed by atoms with Crippen molar-refractivity contribution >= 4 is 11.0 Å². The van der Waals surface area contributed by atoms with Crippen molar-refractivity contribution < 1.29 is 0 Å². The molecule has 0 aliphatic heterocycles. The molecule has 2 heterocycles. The lowest BCUT2D eigenvalue weighted by Crippen LogP contribution is -2.16. The van der Waals surface area contributed by atoms with Crippen LogP contribution < -0.4 is 5.56 Å². The molecule has 0 aliphatic rings. The van der Waals surface area contributed by atoms with E-state index in [9.17, 15) is 4.79 Å². The molecule has 0 unspecified atom stereocenters. The van der Waals surface area contributed by atoms with E-state index in [0.29, 0.717) is 11.0 Å². The van der Waals surface area contributed by atoms with Crippen molar-refractivity contribution in [1.82, 2.24) is 19.3 Å². The molecule has 1 aromatic carbocycles. The Morgan fingerprint density at radius 1 is 1.21 bits per heavy atom. The highest BCUT2D eigenvalue weighted by Crippen LogP contribution is 2.18. The third kappa shape index (κ3) is 1.74. The molecule has 19 heavy (non-hydrogen) atoms. The first kappa shape index (κ1) is 11.6. The third-order valence-corrected chi connectivity index (χ3v) is 3.23. The van der Waals surface area contributed by atoms with E-state index in [-0.39, 0.29) is 5.56 Å². The lowest BCUT2D eigenvalue weighted by Gasteiger charge is -2.07. The van der Waals surface area contributed by atoms with Crippen LogP contribution in [0.3, 0.4) is 0 Å². The van der Waals surface area contributed by atoms with Crippen LogP contribution in [0.1, 0.15) is 11.1 Å². The van der Waals surface area contributed by atoms with E-state index < -0.39 is 0 Å². The number of rotatable bonds is 1. The van der Waals surface area contributed by atoms with Crippen molar-refractivity contribution in [3.8, 4) is 5.69 Å². The summed E-state index contributed by atoms with van der Waals surface area (Å²) in [6.07, 6.45) is 3.09. The van der Waals surface area contributed by atoms with E-state index in [1.165, 1.54) is 16.5 Å². The number of benzene rings is 1. The lowest BCUT2D eigenvalue weighted by atomic mass is 10.1. The number of hydrogen-bond acceptors (Lipinski definition) is 3. The second-order valence-electron chi connectivity index (χ2n) is 4.74. The molecule has 5 nitrogen and oxygen atoms in total. The smallest absolute Gasteiger partial charge is 0.264 e. The van der Waals surface area contributed by atoms with Crippen LogP contribution in [0.5, 0.6) is 0 Å². The van der Waals surface area contributed by atoms with Crippen molar-refractivity contribution in [3.63, 3.8) is 0 Å². The second kappa shape index (κ2) is 4.05. The Bertz CT molecular complexity index is 829. The van der Waals surface area contributed by atoms with Gasteiger partial charge in [0.15, 0.2) is 5.65 Å². The predicted octanol–water partition coefficient (Wildman–Crippen LogP) is 1.74. The largest absolute Gasteiger partial charge is 0.302 e. The molecule has 0 atom stereocenters. The van der Waals surface area contributed by atoms with Crippen LogP contribution >= 0.6 is 0 Å². The Morgan fingerprint density at radius 3 is 2.74 bits per heavy atom. The zero-order valence-corrected chi connectivity index (χ0v) is 11.1. The van der Waals surface area contributed by atoms with Gasteiger partial charge in [-0.15, -0.1) is 0 Å². The van der Waals surface area contributed by atoms with E-state index in [0.717, 1.165) is 11.3 Å². The lowest BCUT2D eigenvalue weighted by molar-refractivity contribution is 0.830. The Kier molecular flexibility index (Phi) is 2.48. The topological polar surface area (TPSA) is 52.7 Å². The Hall–Kier alpha value is -2.43. The fraction of sp³-hybridized carbons (Fsp3) is 0.214. The van der Waals surface area contributed by atoms with Crippen LogP contribution in [0.4, 0.5) is 0 Å². The molecule has 0 saturated heterocycles. The van der Waals surface area contributed by atoms with Crippen LogP contribution in [0.15, 0.2) is 35.5 Å². The number of aromatic nitrogens is 4. The van der Waals surface area contributed by atoms with Crippen LogP contribution in [0.25, 0.3) is 16.7 Å². The summed E-state index contributed by atoms with van der Waals surface area (Å²) in [5, 5.41) is 4.83. The summed E-state index contributed by atoms with van der Waals surface area (Å²) in [6.45, 7) is 4.07. The third-order valence-electron chi connectivity index (χ3n) is 3.23. The maximum absolute atomic E-state index is 12.0. The highest BCUT2D eigenvalue weighted by atomic mass is 16.1. The van der Waals surface area contributed by atoms with E-state index in [1.807, 2.05) is 26.0 Å². The van der Waals surface area contributed by atoms with Crippen molar-refractivity contribution in [2.24, 2.45) is 7.05 Å². The van der Waals surface area contributed by atoms with Gasteiger partial charge in [0.25, 0.3) is 5.56 Å². The number of hydrogen-bond donors (Lipinski definition) is 0. The first-order chi connectivity index (χ1) is 9.08. The van der Waals surface area contributed by atoms with Crippen LogP contribution in [-0.2, 0) is 7.05 Å². The number of aryl methyl sites for hydroxylation is 3. The average molecular weight is 254 g/mol. The van der Waals surface area contributed by atoms with E-state index in [4.69, 9.17) is 0 Å². The molecule has 3 rings (SSSR count). The van der Waals surface area contributed by atoms with Gasteiger partial charge in [-0.05, 0) is 25.5 Å². The summed E-state index contributed by atoms with van der Waals surface area (Å²) in [6, 6.07) is 6.11. The highest BCUT2D eigenvalue weighted by molar-refractivity contribution is 5.75. The molecule has 0 saturated carbocycles. The molecule has 96 valence electrons. The Labute approximate surface area is 110 Å². The molecule has 0 aliphatic carbocycles. The maximum Gasteiger partial charge on any atom is 0.264 e. The summed E-state index contributed by atoms with van der Waals surface area (Å²) in [4.78, 5) is 16.3. The molecule has 0 radical (unpaired) electrons. The molecule has 0 bridgehead atoms. The van der Waals surface area contributed by atoms with Gasteiger partial charge in [0, 0.05) is 7.05 Å². The standard InChI is InChI=1S/C14H14N4O/c1-9-4-5-12(10(2)6-9)18-13-11(7-16-18)14(19)17(3)8-15-13/h4-8H,1-3H3. The summed E-state index contributed by atoms with van der Waals surface area (Å²) >= 11 is 0. The summed E-state index contributed by atoms with van der Waals surface area (Å²) < 4.78 is 3.17. The van der Waals surface area contributed by atoms with Crippen molar-refractivity contribution in [2.75, 3.05) is 0 Å². The summed E-state index contributed by atoms with van der Waals surface area (Å²) in [7, 11) is 1.68. The fourth-order valence-electron chi connectivity index (χ4n) is 2.22. The predicted molar refractivity (Wildman–Crippen MR) is 73.6 cm³/mol. The number of fused-ring (bicyclic) bond motifs is 1. The van der Waals surface area contributed by atoms with Crippen molar-refractivity contribution in [3.05, 3.63) is 52.2 Å². The minimum absolute atomic E-state index is 0.0824. The van der Waals surface area contributed by atoms with E-state index >= 15 is 0 Å². The normalized spacial score (nSPS) is 11.1. The van der Waals surface area contributed by atoms with Crippen molar-refractivity contribution in [2.45, 2.75) is 13.8 Å². The van der Waals surface area contributed by atoms with Crippen LogP contribution in [0, 0.1) is 13.8 Å². The molecular weight excluding hydrogens is 240 g/mol. The van der Waals surface area contributed by atoms with Gasteiger partial charge in [-0.3, -0.25) is 4.79 Å². The SMILES string of the molecule is Cc1ccc(-n2ncc3c(=O)n(C)cnc32)c(C)c1. The van der Waals surface area contributed by atoms with E-state index in [2.05, 4.69) is 16.1 Å². The molecule has 0 fully saturated rings. The van der Waals surface area contributed by atoms with Gasteiger partial charge >= 0.3 is 0 Å². The average Bonchev–Trinajstić information content (AvgIpc) is 2.78. The second-order valence-corrected chi connectivity index (χ2v) is 4.74. The summed E-state index contributed by atoms with van der Waals surface area (Å²) in [5.74, 6) is 0. The molecule has 5 heteroatoms. The van der Waals surface area contributed by atoms with Gasteiger partial charge in [-0.2, -0.15) is 5.10 Å². The van der Waals surface area contributed by atoms with Crippen LogP contribution in [0.2, 0.25) is 0 Å². The van der Waals surface area contributed by atoms with E-state index in [1.54, 1.807) is 17.9 Å². The van der Waals surface area contributed by atoms with Gasteiger partial charge < -0.3 is 4.57 Å². The molecule has 2 aromatic heterocycles. The monoisotopic (exact) mass is 254 g/mol. The van der Waals surface area contributed by atoms with Gasteiger partial charge in [0.05, 0.1) is 18.2 Å². The maximum atomic E-state index is 12.0. The quantitative estimate of drug-likeness (QED) is 0.664. The molecule has 0 N–H and O–H groups in total. The Balaban J connectivity index is 2.32. The molecule has 0 amide bonds. The van der Waals surface area contributed by atoms with Crippen LogP contribution in [-0.4, -0.2) is 19.3 Å². The first-order valence-corrected chi connectivity index (χ1v) is 6.05. The molecule has 0 spiro atoms. The minimum atomic E-state index is -0.0824. The van der Waals surface area contributed by atoms with Gasteiger partial charge in [-0.1, -0.05) is 17.7 Å². The minimum Gasteiger partial charge on any atom is -0.302 e. The van der Waals surface area contributed by atoms with Crippen molar-refractivity contribution in [1.29, 1.82) is 0 Å². The highest BCUT2D eigenvalue weighted by Gasteiger charge is 2.11. The first-order valence-electron chi connectivity index (χ1n) is 6.05. The zero-order chi connectivity index (χ0) is 13.6. The van der Waals surface area contributed by atoms with Gasteiger partial charge in [0.1, 0.15) is 5.39 Å². The Morgan fingerprint density at radius 2 is 2.00 bits per heavy atom. The van der Waals surface area contributed by atoms with Gasteiger partial charge in [-0.25, -0.2) is 9.67 Å². The van der Waals surface area contributed by atoms with Gasteiger partial charge in [0.2, 0.25) is 0 Å².